The minimum Gasteiger partial charge on any atom is -0.508 e. The number of phenols is 1. The Morgan fingerprint density at radius 2 is 1.84 bits per heavy atom. The SMILES string of the molecule is O=C1CC(c2nc(-c3ccc(O)cc3)no2)CN1c1ccc(Cl)cc1. The fraction of sp³-hybridized carbons (Fsp3) is 0.167. The van der Waals surface area contributed by atoms with Crippen LogP contribution in [-0.4, -0.2) is 27.7 Å². The quantitative estimate of drug-likeness (QED) is 0.776. The standard InChI is InChI=1S/C18H14ClN3O3/c19-13-3-5-14(6-4-13)22-10-12(9-16(22)24)18-20-17(21-25-18)11-1-7-15(23)8-2-11/h1-8,12,23H,9-10H2. The first kappa shape index (κ1) is 15.7. The molecule has 2 aromatic carbocycles. The highest BCUT2D eigenvalue weighted by atomic mass is 35.5. The lowest BCUT2D eigenvalue weighted by Crippen LogP contribution is -2.24. The van der Waals surface area contributed by atoms with Crippen molar-refractivity contribution in [2.75, 3.05) is 11.4 Å². The van der Waals surface area contributed by atoms with Crippen LogP contribution in [0.25, 0.3) is 11.4 Å². The zero-order valence-corrected chi connectivity index (χ0v) is 13.8. The molecule has 7 heteroatoms. The summed E-state index contributed by atoms with van der Waals surface area (Å²) in [4.78, 5) is 18.4. The molecule has 3 aromatic rings. The van der Waals surface area contributed by atoms with Crippen molar-refractivity contribution in [3.8, 4) is 17.1 Å². The number of carbonyl (C=O) groups is 1. The van der Waals surface area contributed by atoms with Gasteiger partial charge in [0.05, 0.1) is 5.92 Å². The largest absolute Gasteiger partial charge is 0.508 e. The first-order valence-electron chi connectivity index (χ1n) is 7.79. The number of amides is 1. The predicted molar refractivity (Wildman–Crippen MR) is 92.6 cm³/mol. The van der Waals surface area contributed by atoms with E-state index in [1.165, 1.54) is 0 Å². The maximum Gasteiger partial charge on any atom is 0.232 e. The molecule has 0 saturated carbocycles. The number of halogens is 1. The van der Waals surface area contributed by atoms with E-state index in [-0.39, 0.29) is 17.6 Å². The van der Waals surface area contributed by atoms with Crippen molar-refractivity contribution in [1.29, 1.82) is 0 Å². The highest BCUT2D eigenvalue weighted by Gasteiger charge is 2.35. The Labute approximate surface area is 148 Å². The molecule has 0 spiro atoms. The van der Waals surface area contributed by atoms with Gasteiger partial charge in [-0.3, -0.25) is 4.79 Å². The molecule has 6 nitrogen and oxygen atoms in total. The summed E-state index contributed by atoms with van der Waals surface area (Å²) in [5, 5.41) is 14.0. The second-order valence-electron chi connectivity index (χ2n) is 5.88. The van der Waals surface area contributed by atoms with E-state index in [2.05, 4.69) is 10.1 Å². The van der Waals surface area contributed by atoms with Gasteiger partial charge in [0, 0.05) is 29.2 Å². The summed E-state index contributed by atoms with van der Waals surface area (Å²) in [5.41, 5.74) is 1.54. The van der Waals surface area contributed by atoms with Crippen molar-refractivity contribution < 1.29 is 14.4 Å². The van der Waals surface area contributed by atoms with E-state index in [0.717, 1.165) is 11.3 Å². The van der Waals surface area contributed by atoms with Crippen molar-refractivity contribution in [3.63, 3.8) is 0 Å². The van der Waals surface area contributed by atoms with Gasteiger partial charge in [-0.2, -0.15) is 4.98 Å². The second-order valence-corrected chi connectivity index (χ2v) is 6.32. The minimum absolute atomic E-state index is 0.0108. The van der Waals surface area contributed by atoms with E-state index in [4.69, 9.17) is 16.1 Å². The molecular formula is C18H14ClN3O3. The van der Waals surface area contributed by atoms with Crippen LogP contribution in [0.4, 0.5) is 5.69 Å². The van der Waals surface area contributed by atoms with Gasteiger partial charge in [0.15, 0.2) is 0 Å². The van der Waals surface area contributed by atoms with E-state index in [0.29, 0.717) is 29.7 Å². The number of hydrogen-bond acceptors (Lipinski definition) is 5. The fourth-order valence-electron chi connectivity index (χ4n) is 2.87. The van der Waals surface area contributed by atoms with Crippen LogP contribution in [0, 0.1) is 0 Å². The molecule has 1 aliphatic heterocycles. The van der Waals surface area contributed by atoms with Crippen LogP contribution in [0.3, 0.4) is 0 Å². The second kappa shape index (κ2) is 6.22. The molecule has 1 aromatic heterocycles. The summed E-state index contributed by atoms with van der Waals surface area (Å²) in [7, 11) is 0. The lowest BCUT2D eigenvalue weighted by Gasteiger charge is -2.15. The van der Waals surface area contributed by atoms with E-state index in [9.17, 15) is 9.90 Å². The number of carbonyl (C=O) groups excluding carboxylic acids is 1. The van der Waals surface area contributed by atoms with Gasteiger partial charge < -0.3 is 14.5 Å². The van der Waals surface area contributed by atoms with Crippen LogP contribution in [0.2, 0.25) is 5.02 Å². The Morgan fingerprint density at radius 3 is 2.56 bits per heavy atom. The lowest BCUT2D eigenvalue weighted by atomic mass is 10.1. The molecular weight excluding hydrogens is 342 g/mol. The van der Waals surface area contributed by atoms with Gasteiger partial charge in [0.2, 0.25) is 17.6 Å². The van der Waals surface area contributed by atoms with Crippen molar-refractivity contribution in [2.45, 2.75) is 12.3 Å². The molecule has 1 unspecified atom stereocenters. The molecule has 1 aliphatic rings. The maximum absolute atomic E-state index is 12.3. The Hall–Kier alpha value is -2.86. The van der Waals surface area contributed by atoms with E-state index < -0.39 is 0 Å². The van der Waals surface area contributed by atoms with Gasteiger partial charge in [0.1, 0.15) is 5.75 Å². The summed E-state index contributed by atoms with van der Waals surface area (Å²) >= 11 is 5.90. The number of anilines is 1. The highest BCUT2D eigenvalue weighted by molar-refractivity contribution is 6.30. The molecule has 0 aliphatic carbocycles. The molecule has 126 valence electrons. The molecule has 1 amide bonds. The van der Waals surface area contributed by atoms with E-state index >= 15 is 0 Å². The van der Waals surface area contributed by atoms with Crippen LogP contribution < -0.4 is 4.90 Å². The Morgan fingerprint density at radius 1 is 1.12 bits per heavy atom. The van der Waals surface area contributed by atoms with Gasteiger partial charge in [0.25, 0.3) is 0 Å². The number of rotatable bonds is 3. The van der Waals surface area contributed by atoms with Gasteiger partial charge in [-0.1, -0.05) is 16.8 Å². The van der Waals surface area contributed by atoms with Crippen molar-refractivity contribution in [3.05, 3.63) is 59.4 Å². The fourth-order valence-corrected chi connectivity index (χ4v) is 3.00. The lowest BCUT2D eigenvalue weighted by molar-refractivity contribution is -0.117. The van der Waals surface area contributed by atoms with E-state index in [1.807, 2.05) is 12.1 Å². The van der Waals surface area contributed by atoms with Crippen molar-refractivity contribution in [1.82, 2.24) is 10.1 Å². The van der Waals surface area contributed by atoms with Crippen LogP contribution in [0.1, 0.15) is 18.2 Å². The van der Waals surface area contributed by atoms with Crippen LogP contribution >= 0.6 is 11.6 Å². The predicted octanol–water partition coefficient (Wildman–Crippen LogP) is 3.62. The van der Waals surface area contributed by atoms with Crippen LogP contribution in [-0.2, 0) is 4.79 Å². The number of hydrogen-bond donors (Lipinski definition) is 1. The van der Waals surface area contributed by atoms with Crippen molar-refractivity contribution >= 4 is 23.2 Å². The highest BCUT2D eigenvalue weighted by Crippen LogP contribution is 2.32. The summed E-state index contributed by atoms with van der Waals surface area (Å²) < 4.78 is 5.36. The molecule has 0 bridgehead atoms. The molecule has 1 saturated heterocycles. The Balaban J connectivity index is 1.54. The average Bonchev–Trinajstić information content (AvgIpc) is 3.23. The number of aromatic nitrogens is 2. The molecule has 1 N–H and O–H groups in total. The number of nitrogens with zero attached hydrogens (tertiary/aromatic N) is 3. The smallest absolute Gasteiger partial charge is 0.232 e. The average molecular weight is 356 g/mol. The molecule has 1 atom stereocenters. The summed E-state index contributed by atoms with van der Waals surface area (Å²) in [6, 6.07) is 13.7. The first-order valence-corrected chi connectivity index (χ1v) is 8.17. The third-order valence-electron chi connectivity index (χ3n) is 4.18. The van der Waals surface area contributed by atoms with Crippen LogP contribution in [0.5, 0.6) is 5.75 Å². The zero-order valence-electron chi connectivity index (χ0n) is 13.1. The van der Waals surface area contributed by atoms with Gasteiger partial charge in [-0.05, 0) is 48.5 Å². The van der Waals surface area contributed by atoms with Crippen LogP contribution in [0.15, 0.2) is 53.1 Å². The van der Waals surface area contributed by atoms with Gasteiger partial charge in [-0.25, -0.2) is 0 Å². The Kier molecular flexibility index (Phi) is 3.89. The summed E-state index contributed by atoms with van der Waals surface area (Å²) in [6.45, 7) is 0.484. The maximum atomic E-state index is 12.3. The molecule has 1 fully saturated rings. The monoisotopic (exact) mass is 355 g/mol. The topological polar surface area (TPSA) is 79.5 Å². The van der Waals surface area contributed by atoms with Gasteiger partial charge >= 0.3 is 0 Å². The number of benzene rings is 2. The summed E-state index contributed by atoms with van der Waals surface area (Å²) in [6.07, 6.45) is 0.319. The molecule has 0 radical (unpaired) electrons. The molecule has 2 heterocycles. The third kappa shape index (κ3) is 3.08. The molecule has 4 rings (SSSR count). The normalized spacial score (nSPS) is 17.2. The molecule has 25 heavy (non-hydrogen) atoms. The van der Waals surface area contributed by atoms with Crippen molar-refractivity contribution in [2.24, 2.45) is 0 Å². The first-order chi connectivity index (χ1) is 12.1. The number of phenolic OH excluding ortho intramolecular Hbond substituents is 1. The Bertz CT molecular complexity index is 906. The summed E-state index contributed by atoms with van der Waals surface area (Å²) in [5.74, 6) is 0.908. The number of aromatic hydroxyl groups is 1. The van der Waals surface area contributed by atoms with E-state index in [1.54, 1.807) is 41.3 Å². The minimum atomic E-state index is -0.151. The third-order valence-corrected chi connectivity index (χ3v) is 4.43. The van der Waals surface area contributed by atoms with Gasteiger partial charge in [-0.15, -0.1) is 0 Å². The zero-order chi connectivity index (χ0) is 17.4.